The lowest BCUT2D eigenvalue weighted by Crippen LogP contribution is -2.36. The lowest BCUT2D eigenvalue weighted by molar-refractivity contribution is 0.0732. The molecule has 0 radical (unpaired) electrons. The number of likely N-dealkylation sites (N-methyl/N-ethyl adjacent to an activating group) is 1. The fraction of sp³-hybridized carbons (Fsp3) is 0.278. The maximum Gasteiger partial charge on any atom is 0.255 e. The molecule has 0 saturated heterocycles. The lowest BCUT2D eigenvalue weighted by atomic mass is 10.1. The van der Waals surface area contributed by atoms with Crippen LogP contribution in [0.1, 0.15) is 15.9 Å². The van der Waals surface area contributed by atoms with Crippen molar-refractivity contribution in [1.29, 1.82) is 0 Å². The Morgan fingerprint density at radius 1 is 0.955 bits per heavy atom. The molecule has 0 aliphatic carbocycles. The Bertz CT molecular complexity index is 613. The van der Waals surface area contributed by atoms with Crippen molar-refractivity contribution < 1.29 is 4.79 Å². The monoisotopic (exact) mass is 316 g/mol. The highest BCUT2D eigenvalue weighted by Crippen LogP contribution is 2.18. The molecular weight excluding hydrogens is 296 g/mol. The van der Waals surface area contributed by atoms with E-state index in [1.165, 1.54) is 0 Å². The van der Waals surface area contributed by atoms with Gasteiger partial charge in [0.1, 0.15) is 0 Å². The second kappa shape index (κ2) is 7.97. The molecule has 2 aromatic rings. The van der Waals surface area contributed by atoms with Crippen LogP contribution in [0.25, 0.3) is 0 Å². The predicted octanol–water partition coefficient (Wildman–Crippen LogP) is 3.54. The summed E-state index contributed by atoms with van der Waals surface area (Å²) in [6.07, 6.45) is 0. The van der Waals surface area contributed by atoms with Gasteiger partial charge in [-0.25, -0.2) is 0 Å². The molecule has 0 heterocycles. The Morgan fingerprint density at radius 2 is 1.59 bits per heavy atom. The van der Waals surface area contributed by atoms with Gasteiger partial charge in [-0.3, -0.25) is 4.79 Å². The molecule has 4 heteroatoms. The molecular formula is C18H21ClN2O. The number of amides is 1. The standard InChI is InChI=1S/C18H21ClN2O/c1-20(2)12-13-21(14-15-8-4-3-5-9-15)18(22)16-10-6-7-11-17(16)19/h3-11H,12-14H2,1-2H3. The molecule has 0 aromatic heterocycles. The van der Waals surface area contributed by atoms with E-state index in [9.17, 15) is 4.79 Å². The summed E-state index contributed by atoms with van der Waals surface area (Å²) in [5.41, 5.74) is 1.67. The molecule has 0 N–H and O–H groups in total. The summed E-state index contributed by atoms with van der Waals surface area (Å²) in [5, 5.41) is 0.496. The number of halogens is 1. The first-order valence-electron chi connectivity index (χ1n) is 7.30. The van der Waals surface area contributed by atoms with E-state index in [0.717, 1.165) is 12.1 Å². The third-order valence-corrected chi connectivity index (χ3v) is 3.75. The summed E-state index contributed by atoms with van der Waals surface area (Å²) >= 11 is 6.17. The highest BCUT2D eigenvalue weighted by Gasteiger charge is 2.18. The zero-order chi connectivity index (χ0) is 15.9. The molecule has 2 aromatic carbocycles. The number of rotatable bonds is 6. The number of nitrogens with zero attached hydrogens (tertiary/aromatic N) is 2. The van der Waals surface area contributed by atoms with E-state index in [1.54, 1.807) is 12.1 Å². The van der Waals surface area contributed by atoms with Gasteiger partial charge in [-0.05, 0) is 31.8 Å². The molecule has 0 bridgehead atoms. The topological polar surface area (TPSA) is 23.6 Å². The van der Waals surface area contributed by atoms with Crippen molar-refractivity contribution in [1.82, 2.24) is 9.80 Å². The SMILES string of the molecule is CN(C)CCN(Cc1ccccc1)C(=O)c1ccccc1Cl. The van der Waals surface area contributed by atoms with Gasteiger partial charge in [0.25, 0.3) is 5.91 Å². The number of carbonyl (C=O) groups excluding carboxylic acids is 1. The van der Waals surface area contributed by atoms with Crippen LogP contribution < -0.4 is 0 Å². The molecule has 0 aliphatic heterocycles. The van der Waals surface area contributed by atoms with Gasteiger partial charge in [-0.15, -0.1) is 0 Å². The van der Waals surface area contributed by atoms with Crippen LogP contribution in [0.2, 0.25) is 5.02 Å². The second-order valence-corrected chi connectivity index (χ2v) is 5.90. The molecule has 22 heavy (non-hydrogen) atoms. The van der Waals surface area contributed by atoms with Gasteiger partial charge in [-0.2, -0.15) is 0 Å². The van der Waals surface area contributed by atoms with E-state index in [-0.39, 0.29) is 5.91 Å². The van der Waals surface area contributed by atoms with Gasteiger partial charge in [0.05, 0.1) is 10.6 Å². The Labute approximate surface area is 137 Å². The van der Waals surface area contributed by atoms with Gasteiger partial charge in [-0.1, -0.05) is 54.1 Å². The second-order valence-electron chi connectivity index (χ2n) is 5.50. The van der Waals surface area contributed by atoms with Crippen molar-refractivity contribution in [3.63, 3.8) is 0 Å². The van der Waals surface area contributed by atoms with Gasteiger partial charge in [0, 0.05) is 19.6 Å². The van der Waals surface area contributed by atoms with E-state index in [4.69, 9.17) is 11.6 Å². The minimum absolute atomic E-state index is 0.0312. The molecule has 0 atom stereocenters. The first-order valence-corrected chi connectivity index (χ1v) is 7.68. The van der Waals surface area contributed by atoms with E-state index in [2.05, 4.69) is 4.90 Å². The largest absolute Gasteiger partial charge is 0.333 e. The molecule has 3 nitrogen and oxygen atoms in total. The highest BCUT2D eigenvalue weighted by atomic mass is 35.5. The first kappa shape index (κ1) is 16.5. The summed E-state index contributed by atoms with van der Waals surface area (Å²) in [6.45, 7) is 2.05. The lowest BCUT2D eigenvalue weighted by Gasteiger charge is -2.25. The minimum Gasteiger partial charge on any atom is -0.333 e. The predicted molar refractivity (Wildman–Crippen MR) is 91.2 cm³/mol. The quantitative estimate of drug-likeness (QED) is 0.813. The smallest absolute Gasteiger partial charge is 0.255 e. The molecule has 0 saturated carbocycles. The van der Waals surface area contributed by atoms with Gasteiger partial charge >= 0.3 is 0 Å². The molecule has 0 unspecified atom stereocenters. The normalized spacial score (nSPS) is 10.7. The van der Waals surface area contributed by atoms with Crippen LogP contribution in [0.4, 0.5) is 0 Å². The van der Waals surface area contributed by atoms with E-state index in [1.807, 2.05) is 61.5 Å². The average Bonchev–Trinajstić information content (AvgIpc) is 2.52. The Balaban J connectivity index is 2.20. The Kier molecular flexibility index (Phi) is 5.99. The number of carbonyl (C=O) groups is 1. The molecule has 2 rings (SSSR count). The summed E-state index contributed by atoms with van der Waals surface area (Å²) in [5.74, 6) is -0.0312. The fourth-order valence-electron chi connectivity index (χ4n) is 2.18. The molecule has 0 spiro atoms. The van der Waals surface area contributed by atoms with Crippen molar-refractivity contribution in [3.05, 3.63) is 70.7 Å². The van der Waals surface area contributed by atoms with E-state index >= 15 is 0 Å². The van der Waals surface area contributed by atoms with Crippen LogP contribution in [-0.4, -0.2) is 42.9 Å². The van der Waals surface area contributed by atoms with E-state index in [0.29, 0.717) is 23.7 Å². The van der Waals surface area contributed by atoms with Crippen LogP contribution in [0, 0.1) is 0 Å². The molecule has 116 valence electrons. The van der Waals surface area contributed by atoms with E-state index < -0.39 is 0 Å². The van der Waals surface area contributed by atoms with Gasteiger partial charge in [0.15, 0.2) is 0 Å². The van der Waals surface area contributed by atoms with Crippen molar-refractivity contribution in [2.75, 3.05) is 27.2 Å². The van der Waals surface area contributed by atoms with Crippen LogP contribution in [-0.2, 0) is 6.54 Å². The summed E-state index contributed by atoms with van der Waals surface area (Å²) in [7, 11) is 4.00. The Morgan fingerprint density at radius 3 is 2.23 bits per heavy atom. The maximum atomic E-state index is 12.8. The van der Waals surface area contributed by atoms with Crippen molar-refractivity contribution in [2.45, 2.75) is 6.54 Å². The summed E-state index contributed by atoms with van der Waals surface area (Å²) in [4.78, 5) is 16.7. The average molecular weight is 317 g/mol. The van der Waals surface area contributed by atoms with Crippen LogP contribution in [0.5, 0.6) is 0 Å². The number of hydrogen-bond acceptors (Lipinski definition) is 2. The molecule has 1 amide bonds. The summed E-state index contributed by atoms with van der Waals surface area (Å²) in [6, 6.07) is 17.2. The molecule has 0 aliphatic rings. The zero-order valence-electron chi connectivity index (χ0n) is 13.0. The summed E-state index contributed by atoms with van der Waals surface area (Å²) < 4.78 is 0. The molecule has 0 fully saturated rings. The first-order chi connectivity index (χ1) is 10.6. The minimum atomic E-state index is -0.0312. The van der Waals surface area contributed by atoms with Gasteiger partial charge < -0.3 is 9.80 Å². The third-order valence-electron chi connectivity index (χ3n) is 3.42. The van der Waals surface area contributed by atoms with Crippen molar-refractivity contribution in [3.8, 4) is 0 Å². The van der Waals surface area contributed by atoms with Crippen LogP contribution >= 0.6 is 11.6 Å². The van der Waals surface area contributed by atoms with Crippen LogP contribution in [0.3, 0.4) is 0 Å². The number of benzene rings is 2. The zero-order valence-corrected chi connectivity index (χ0v) is 13.8. The highest BCUT2D eigenvalue weighted by molar-refractivity contribution is 6.33. The van der Waals surface area contributed by atoms with Crippen molar-refractivity contribution >= 4 is 17.5 Å². The number of hydrogen-bond donors (Lipinski definition) is 0. The third kappa shape index (κ3) is 4.58. The fourth-order valence-corrected chi connectivity index (χ4v) is 2.40. The van der Waals surface area contributed by atoms with Gasteiger partial charge in [0.2, 0.25) is 0 Å². The maximum absolute atomic E-state index is 12.8. The Hall–Kier alpha value is -1.84. The van der Waals surface area contributed by atoms with Crippen molar-refractivity contribution in [2.24, 2.45) is 0 Å². The van der Waals surface area contributed by atoms with Crippen LogP contribution in [0.15, 0.2) is 54.6 Å².